The van der Waals surface area contributed by atoms with Gasteiger partial charge in [0, 0.05) is 22.8 Å². The van der Waals surface area contributed by atoms with Crippen molar-refractivity contribution in [1.82, 2.24) is 0 Å². The van der Waals surface area contributed by atoms with Crippen LogP contribution in [0.4, 0.5) is 21.9 Å². The third kappa shape index (κ3) is 4.17. The SMILES string of the molecule is O=C(Nc1cccc([N+](=O)[O-])c1)Nc1cc(Cl)ccc1C(=O)O. The fourth-order valence-electron chi connectivity index (χ4n) is 1.79. The maximum absolute atomic E-state index is 11.9. The highest BCUT2D eigenvalue weighted by Gasteiger charge is 2.14. The van der Waals surface area contributed by atoms with Crippen molar-refractivity contribution in [1.29, 1.82) is 0 Å². The van der Waals surface area contributed by atoms with E-state index in [2.05, 4.69) is 10.6 Å². The van der Waals surface area contributed by atoms with Gasteiger partial charge in [0.15, 0.2) is 0 Å². The minimum absolute atomic E-state index is 0.00734. The first-order chi connectivity index (χ1) is 10.9. The first-order valence-electron chi connectivity index (χ1n) is 6.22. The number of carbonyl (C=O) groups is 2. The average molecular weight is 336 g/mol. The van der Waals surface area contributed by atoms with E-state index in [1.165, 1.54) is 42.5 Å². The van der Waals surface area contributed by atoms with Gasteiger partial charge in [-0.25, -0.2) is 9.59 Å². The first-order valence-corrected chi connectivity index (χ1v) is 6.60. The predicted octanol–water partition coefficient (Wildman–Crippen LogP) is 3.59. The molecule has 8 nitrogen and oxygen atoms in total. The van der Waals surface area contributed by atoms with E-state index in [4.69, 9.17) is 16.7 Å². The molecule has 0 bridgehead atoms. The molecule has 0 spiro atoms. The molecule has 23 heavy (non-hydrogen) atoms. The fraction of sp³-hybridized carbons (Fsp3) is 0. The van der Waals surface area contributed by atoms with Crippen molar-refractivity contribution >= 4 is 40.7 Å². The number of hydrogen-bond donors (Lipinski definition) is 3. The molecule has 0 atom stereocenters. The van der Waals surface area contributed by atoms with Gasteiger partial charge in [0.05, 0.1) is 16.2 Å². The van der Waals surface area contributed by atoms with E-state index in [1.54, 1.807) is 0 Å². The number of nitro benzene ring substituents is 1. The van der Waals surface area contributed by atoms with Gasteiger partial charge in [0.2, 0.25) is 0 Å². The van der Waals surface area contributed by atoms with Gasteiger partial charge in [-0.05, 0) is 24.3 Å². The van der Waals surface area contributed by atoms with Crippen LogP contribution in [0.3, 0.4) is 0 Å². The minimum atomic E-state index is -1.23. The zero-order valence-corrected chi connectivity index (χ0v) is 12.2. The maximum Gasteiger partial charge on any atom is 0.337 e. The van der Waals surface area contributed by atoms with Crippen LogP contribution in [-0.4, -0.2) is 22.0 Å². The van der Waals surface area contributed by atoms with Crippen molar-refractivity contribution in [2.45, 2.75) is 0 Å². The lowest BCUT2D eigenvalue weighted by Crippen LogP contribution is -2.21. The highest BCUT2D eigenvalue weighted by Crippen LogP contribution is 2.22. The highest BCUT2D eigenvalue weighted by atomic mass is 35.5. The van der Waals surface area contributed by atoms with Crippen LogP contribution in [0.1, 0.15) is 10.4 Å². The van der Waals surface area contributed by atoms with Crippen LogP contribution in [0.25, 0.3) is 0 Å². The van der Waals surface area contributed by atoms with Gasteiger partial charge < -0.3 is 15.7 Å². The Hall–Kier alpha value is -3.13. The number of carboxylic acids is 1. The van der Waals surface area contributed by atoms with E-state index in [0.29, 0.717) is 0 Å². The number of halogens is 1. The lowest BCUT2D eigenvalue weighted by molar-refractivity contribution is -0.384. The molecule has 118 valence electrons. The highest BCUT2D eigenvalue weighted by molar-refractivity contribution is 6.31. The van der Waals surface area contributed by atoms with E-state index in [-0.39, 0.29) is 27.6 Å². The van der Waals surface area contributed by atoms with Gasteiger partial charge in [0.25, 0.3) is 5.69 Å². The average Bonchev–Trinajstić information content (AvgIpc) is 2.47. The van der Waals surface area contributed by atoms with Crippen molar-refractivity contribution in [3.8, 4) is 0 Å². The fourth-order valence-corrected chi connectivity index (χ4v) is 1.96. The number of carboxylic acid groups (broad SMARTS) is 1. The van der Waals surface area contributed by atoms with Crippen LogP contribution >= 0.6 is 11.6 Å². The number of nitro groups is 1. The molecule has 0 aromatic heterocycles. The number of rotatable bonds is 4. The van der Waals surface area contributed by atoms with Gasteiger partial charge in [-0.1, -0.05) is 17.7 Å². The summed E-state index contributed by atoms with van der Waals surface area (Å²) in [7, 11) is 0. The number of carbonyl (C=O) groups excluding carboxylic acids is 1. The molecule has 2 rings (SSSR count). The van der Waals surface area contributed by atoms with Crippen LogP contribution < -0.4 is 10.6 Å². The normalized spacial score (nSPS) is 9.96. The summed E-state index contributed by atoms with van der Waals surface area (Å²) < 4.78 is 0. The zero-order chi connectivity index (χ0) is 17.0. The second-order valence-corrected chi connectivity index (χ2v) is 4.82. The molecule has 2 aromatic carbocycles. The monoisotopic (exact) mass is 335 g/mol. The summed E-state index contributed by atoms with van der Waals surface area (Å²) in [6, 6.07) is 8.51. The van der Waals surface area contributed by atoms with Crippen LogP contribution in [0.5, 0.6) is 0 Å². The summed E-state index contributed by atoms with van der Waals surface area (Å²) in [5, 5.41) is 24.7. The van der Waals surface area contributed by atoms with Gasteiger partial charge in [-0.15, -0.1) is 0 Å². The third-order valence-electron chi connectivity index (χ3n) is 2.78. The summed E-state index contributed by atoms with van der Waals surface area (Å²) in [4.78, 5) is 33.1. The molecule has 3 N–H and O–H groups in total. The number of nitrogens with zero attached hydrogens (tertiary/aromatic N) is 1. The lowest BCUT2D eigenvalue weighted by Gasteiger charge is -2.10. The molecule has 2 aromatic rings. The van der Waals surface area contributed by atoms with E-state index in [9.17, 15) is 19.7 Å². The first kappa shape index (κ1) is 16.2. The number of hydrogen-bond acceptors (Lipinski definition) is 4. The molecule has 0 saturated heterocycles. The number of aromatic carboxylic acids is 1. The Kier molecular flexibility index (Phi) is 4.77. The Morgan fingerprint density at radius 1 is 1.13 bits per heavy atom. The number of amides is 2. The number of benzene rings is 2. The second-order valence-electron chi connectivity index (χ2n) is 4.38. The molecular formula is C14H10ClN3O5. The van der Waals surface area contributed by atoms with Gasteiger partial charge in [-0.3, -0.25) is 10.1 Å². The molecule has 2 amide bonds. The Morgan fingerprint density at radius 3 is 2.52 bits per heavy atom. The molecule has 0 aliphatic heterocycles. The molecule has 0 saturated carbocycles. The largest absolute Gasteiger partial charge is 0.478 e. The smallest absolute Gasteiger partial charge is 0.337 e. The predicted molar refractivity (Wildman–Crippen MR) is 84.1 cm³/mol. The molecule has 0 radical (unpaired) electrons. The zero-order valence-electron chi connectivity index (χ0n) is 11.4. The van der Waals surface area contributed by atoms with Crippen molar-refractivity contribution in [3.63, 3.8) is 0 Å². The lowest BCUT2D eigenvalue weighted by atomic mass is 10.2. The van der Waals surface area contributed by atoms with Crippen LogP contribution in [-0.2, 0) is 0 Å². The summed E-state index contributed by atoms with van der Waals surface area (Å²) in [6.45, 7) is 0. The number of anilines is 2. The molecule has 0 fully saturated rings. The van der Waals surface area contributed by atoms with Crippen LogP contribution in [0, 0.1) is 10.1 Å². The summed E-state index contributed by atoms with van der Waals surface area (Å²) in [6.07, 6.45) is 0. The van der Waals surface area contributed by atoms with Crippen molar-refractivity contribution in [2.24, 2.45) is 0 Å². The Bertz CT molecular complexity index is 794. The standard InChI is InChI=1S/C14H10ClN3O5/c15-8-4-5-11(13(19)20)12(6-8)17-14(21)16-9-2-1-3-10(7-9)18(22)23/h1-7H,(H,19,20)(H2,16,17,21). The molecule has 0 heterocycles. The molecular weight excluding hydrogens is 326 g/mol. The van der Waals surface area contributed by atoms with Crippen LogP contribution in [0.15, 0.2) is 42.5 Å². The Balaban J connectivity index is 2.17. The van der Waals surface area contributed by atoms with E-state index < -0.39 is 16.9 Å². The summed E-state index contributed by atoms with van der Waals surface area (Å²) in [5.41, 5.74) is -0.121. The van der Waals surface area contributed by atoms with E-state index >= 15 is 0 Å². The number of nitrogens with one attached hydrogen (secondary N) is 2. The Labute approximate surface area is 134 Å². The quantitative estimate of drug-likeness (QED) is 0.582. The molecule has 0 aliphatic rings. The summed E-state index contributed by atoms with van der Waals surface area (Å²) in [5.74, 6) is -1.23. The van der Waals surface area contributed by atoms with E-state index in [1.807, 2.05) is 0 Å². The molecule has 0 aliphatic carbocycles. The van der Waals surface area contributed by atoms with Gasteiger partial charge in [0.1, 0.15) is 0 Å². The minimum Gasteiger partial charge on any atom is -0.478 e. The van der Waals surface area contributed by atoms with Crippen molar-refractivity contribution in [3.05, 3.63) is 63.2 Å². The Morgan fingerprint density at radius 2 is 1.87 bits per heavy atom. The van der Waals surface area contributed by atoms with Crippen molar-refractivity contribution < 1.29 is 19.6 Å². The second kappa shape index (κ2) is 6.75. The molecule has 9 heteroatoms. The van der Waals surface area contributed by atoms with Crippen LogP contribution in [0.2, 0.25) is 5.02 Å². The van der Waals surface area contributed by atoms with Gasteiger partial charge >= 0.3 is 12.0 Å². The number of urea groups is 1. The topological polar surface area (TPSA) is 122 Å². The molecule has 0 unspecified atom stereocenters. The van der Waals surface area contributed by atoms with Crippen molar-refractivity contribution in [2.75, 3.05) is 10.6 Å². The van der Waals surface area contributed by atoms with Gasteiger partial charge in [-0.2, -0.15) is 0 Å². The maximum atomic E-state index is 11.9. The third-order valence-corrected chi connectivity index (χ3v) is 3.01. The summed E-state index contributed by atoms with van der Waals surface area (Å²) >= 11 is 5.78. The van der Waals surface area contributed by atoms with E-state index in [0.717, 1.165) is 0 Å². The number of non-ortho nitro benzene ring substituents is 1.